The minimum absolute atomic E-state index is 0.0310. The number of ether oxygens (including phenoxy) is 1. The molecule has 2 aromatic carbocycles. The van der Waals surface area contributed by atoms with Gasteiger partial charge in [-0.15, -0.1) is 0 Å². The Kier molecular flexibility index (Phi) is 9.25. The molecule has 0 fully saturated rings. The van der Waals surface area contributed by atoms with Gasteiger partial charge in [-0.3, -0.25) is 9.59 Å². The summed E-state index contributed by atoms with van der Waals surface area (Å²) in [4.78, 5) is 37.9. The molecule has 2 aromatic rings. The molecule has 0 bridgehead atoms. The van der Waals surface area contributed by atoms with Crippen LogP contribution < -0.4 is 10.6 Å². The van der Waals surface area contributed by atoms with Crippen molar-refractivity contribution in [1.82, 2.24) is 10.6 Å². The van der Waals surface area contributed by atoms with Gasteiger partial charge in [0.25, 0.3) is 11.8 Å². The lowest BCUT2D eigenvalue weighted by Crippen LogP contribution is -2.48. The molecule has 0 spiro atoms. The maximum atomic E-state index is 12.8. The fourth-order valence-corrected chi connectivity index (χ4v) is 2.99. The zero-order valence-electron chi connectivity index (χ0n) is 18.6. The minimum atomic E-state index is -0.768. The van der Waals surface area contributed by atoms with Gasteiger partial charge in [0, 0.05) is 11.1 Å². The summed E-state index contributed by atoms with van der Waals surface area (Å²) in [6.45, 7) is 7.79. The predicted octanol–water partition coefficient (Wildman–Crippen LogP) is 3.83. The van der Waals surface area contributed by atoms with E-state index in [4.69, 9.17) is 4.74 Å². The van der Waals surface area contributed by atoms with Crippen molar-refractivity contribution in [1.29, 1.82) is 0 Å². The Hall–Kier alpha value is -3.15. The Morgan fingerprint density at radius 3 is 1.74 bits per heavy atom. The lowest BCUT2D eigenvalue weighted by Gasteiger charge is -2.26. The summed E-state index contributed by atoms with van der Waals surface area (Å²) in [5, 5.41) is 5.74. The van der Waals surface area contributed by atoms with Crippen molar-refractivity contribution in [2.45, 2.75) is 46.2 Å². The molecule has 0 radical (unpaired) electrons. The second-order valence-corrected chi connectivity index (χ2v) is 8.02. The first kappa shape index (κ1) is 24.1. The second-order valence-electron chi connectivity index (χ2n) is 8.02. The standard InChI is InChI=1S/C25H32N2O4/c1-5-18(4)22(27-24(29)20-14-10-7-11-15-20)25(30)31-16-21(17(2)3)26-23(28)19-12-8-6-9-13-19/h6-15,17-18,21-22H,5,16H2,1-4H3,(H,26,28)(H,27,29). The van der Waals surface area contributed by atoms with Gasteiger partial charge in [-0.2, -0.15) is 0 Å². The molecule has 0 heterocycles. The van der Waals surface area contributed by atoms with Crippen molar-refractivity contribution in [3.8, 4) is 0 Å². The summed E-state index contributed by atoms with van der Waals surface area (Å²) in [6.07, 6.45) is 0.702. The number of hydrogen-bond acceptors (Lipinski definition) is 4. The largest absolute Gasteiger partial charge is 0.462 e. The monoisotopic (exact) mass is 424 g/mol. The molecule has 3 atom stereocenters. The van der Waals surface area contributed by atoms with Crippen LogP contribution in [0.3, 0.4) is 0 Å². The lowest BCUT2D eigenvalue weighted by atomic mass is 9.98. The van der Waals surface area contributed by atoms with Gasteiger partial charge in [0.2, 0.25) is 0 Å². The van der Waals surface area contributed by atoms with Crippen LogP contribution in [0.25, 0.3) is 0 Å². The highest BCUT2D eigenvalue weighted by molar-refractivity contribution is 5.97. The summed E-state index contributed by atoms with van der Waals surface area (Å²) in [5.41, 5.74) is 1.03. The Morgan fingerprint density at radius 1 is 0.806 bits per heavy atom. The molecule has 6 nitrogen and oxygen atoms in total. The van der Waals surface area contributed by atoms with E-state index >= 15 is 0 Å². The molecule has 0 aliphatic rings. The molecule has 2 N–H and O–H groups in total. The Bertz CT molecular complexity index is 852. The van der Waals surface area contributed by atoms with E-state index in [9.17, 15) is 14.4 Å². The average molecular weight is 425 g/mol. The van der Waals surface area contributed by atoms with Crippen molar-refractivity contribution in [3.05, 3.63) is 71.8 Å². The molecule has 31 heavy (non-hydrogen) atoms. The Morgan fingerprint density at radius 2 is 1.29 bits per heavy atom. The number of amides is 2. The fourth-order valence-electron chi connectivity index (χ4n) is 2.99. The highest BCUT2D eigenvalue weighted by atomic mass is 16.5. The summed E-state index contributed by atoms with van der Waals surface area (Å²) >= 11 is 0. The van der Waals surface area contributed by atoms with Gasteiger partial charge in [-0.05, 0) is 36.1 Å². The van der Waals surface area contributed by atoms with E-state index < -0.39 is 12.0 Å². The third kappa shape index (κ3) is 7.24. The number of hydrogen-bond donors (Lipinski definition) is 2. The van der Waals surface area contributed by atoms with E-state index in [1.807, 2.05) is 39.8 Å². The van der Waals surface area contributed by atoms with Crippen LogP contribution in [0, 0.1) is 11.8 Å². The Labute approximate surface area is 184 Å². The number of nitrogens with one attached hydrogen (secondary N) is 2. The maximum absolute atomic E-state index is 12.8. The van der Waals surface area contributed by atoms with Gasteiger partial charge in [-0.1, -0.05) is 70.5 Å². The molecule has 6 heteroatoms. The SMILES string of the molecule is CCC(C)C(NC(=O)c1ccccc1)C(=O)OCC(NC(=O)c1ccccc1)C(C)C. The average Bonchev–Trinajstić information content (AvgIpc) is 2.80. The number of rotatable bonds is 10. The van der Waals surface area contributed by atoms with Crippen molar-refractivity contribution >= 4 is 17.8 Å². The zero-order valence-corrected chi connectivity index (χ0v) is 18.6. The maximum Gasteiger partial charge on any atom is 0.328 e. The van der Waals surface area contributed by atoms with Gasteiger partial charge in [0.15, 0.2) is 0 Å². The van der Waals surface area contributed by atoms with Crippen LogP contribution in [0.1, 0.15) is 54.8 Å². The van der Waals surface area contributed by atoms with Gasteiger partial charge in [0.05, 0.1) is 6.04 Å². The van der Waals surface area contributed by atoms with Crippen LogP contribution in [-0.4, -0.2) is 36.5 Å². The van der Waals surface area contributed by atoms with Crippen LogP contribution in [0.5, 0.6) is 0 Å². The highest BCUT2D eigenvalue weighted by Crippen LogP contribution is 2.13. The summed E-state index contributed by atoms with van der Waals surface area (Å²) in [6, 6.07) is 16.6. The quantitative estimate of drug-likeness (QED) is 0.568. The van der Waals surface area contributed by atoms with E-state index in [-0.39, 0.29) is 36.3 Å². The third-order valence-corrected chi connectivity index (χ3v) is 5.35. The number of esters is 1. The molecule has 0 aliphatic heterocycles. The van der Waals surface area contributed by atoms with Crippen LogP contribution in [0.2, 0.25) is 0 Å². The molecule has 0 saturated heterocycles. The van der Waals surface area contributed by atoms with Crippen LogP contribution in [0.15, 0.2) is 60.7 Å². The third-order valence-electron chi connectivity index (χ3n) is 5.35. The second kappa shape index (κ2) is 11.9. The lowest BCUT2D eigenvalue weighted by molar-refractivity contribution is -0.148. The van der Waals surface area contributed by atoms with Gasteiger partial charge in [0.1, 0.15) is 12.6 Å². The highest BCUT2D eigenvalue weighted by Gasteiger charge is 2.29. The summed E-state index contributed by atoms with van der Waals surface area (Å²) < 4.78 is 5.56. The first-order chi connectivity index (χ1) is 14.8. The molecule has 0 saturated carbocycles. The van der Waals surface area contributed by atoms with E-state index in [0.29, 0.717) is 17.5 Å². The topological polar surface area (TPSA) is 84.5 Å². The van der Waals surface area contributed by atoms with Crippen molar-refractivity contribution < 1.29 is 19.1 Å². The molecular weight excluding hydrogens is 392 g/mol. The van der Waals surface area contributed by atoms with Crippen LogP contribution in [-0.2, 0) is 9.53 Å². The fraction of sp³-hybridized carbons (Fsp3) is 0.400. The van der Waals surface area contributed by atoms with E-state index in [1.165, 1.54) is 0 Å². The first-order valence-corrected chi connectivity index (χ1v) is 10.7. The molecule has 0 aromatic heterocycles. The molecule has 2 rings (SSSR count). The number of carbonyl (C=O) groups excluding carboxylic acids is 3. The van der Waals surface area contributed by atoms with Crippen molar-refractivity contribution in [3.63, 3.8) is 0 Å². The number of carbonyl (C=O) groups is 3. The predicted molar refractivity (Wildman–Crippen MR) is 121 cm³/mol. The van der Waals surface area contributed by atoms with Gasteiger partial charge in [-0.25, -0.2) is 4.79 Å². The van der Waals surface area contributed by atoms with Crippen molar-refractivity contribution in [2.24, 2.45) is 11.8 Å². The van der Waals surface area contributed by atoms with E-state index in [1.54, 1.807) is 48.5 Å². The molecule has 166 valence electrons. The smallest absolute Gasteiger partial charge is 0.328 e. The summed E-state index contributed by atoms with van der Waals surface area (Å²) in [5.74, 6) is -1.08. The zero-order chi connectivity index (χ0) is 22.8. The molecule has 2 amide bonds. The van der Waals surface area contributed by atoms with Crippen LogP contribution in [0.4, 0.5) is 0 Å². The minimum Gasteiger partial charge on any atom is -0.462 e. The van der Waals surface area contributed by atoms with Crippen LogP contribution >= 0.6 is 0 Å². The van der Waals surface area contributed by atoms with E-state index in [0.717, 1.165) is 0 Å². The molecule has 0 aliphatic carbocycles. The normalized spacial score (nSPS) is 13.7. The van der Waals surface area contributed by atoms with Crippen molar-refractivity contribution in [2.75, 3.05) is 6.61 Å². The summed E-state index contributed by atoms with van der Waals surface area (Å²) in [7, 11) is 0. The van der Waals surface area contributed by atoms with E-state index in [2.05, 4.69) is 10.6 Å². The molecule has 3 unspecified atom stereocenters. The first-order valence-electron chi connectivity index (χ1n) is 10.7. The Balaban J connectivity index is 2.02. The molecular formula is C25H32N2O4. The van der Waals surface area contributed by atoms with Gasteiger partial charge < -0.3 is 15.4 Å². The van der Waals surface area contributed by atoms with Gasteiger partial charge >= 0.3 is 5.97 Å². The number of benzene rings is 2.